The van der Waals surface area contributed by atoms with Crippen LogP contribution in [0.5, 0.6) is 5.75 Å². The highest BCUT2D eigenvalue weighted by Crippen LogP contribution is 2.24. The van der Waals surface area contributed by atoms with E-state index in [1.807, 2.05) is 0 Å². The number of hydrogen-bond donors (Lipinski definition) is 1. The maximum Gasteiger partial charge on any atom is 0.123 e. The highest BCUT2D eigenvalue weighted by atomic mass is 16.5. The molecule has 0 radical (unpaired) electrons. The molecule has 1 aromatic rings. The lowest BCUT2D eigenvalue weighted by Gasteiger charge is -2.21. The molecular weight excluding hydrogens is 234 g/mol. The normalized spacial score (nSPS) is 12.8. The van der Waals surface area contributed by atoms with Crippen LogP contribution in [0.15, 0.2) is 12.1 Å². The van der Waals surface area contributed by atoms with E-state index < -0.39 is 0 Å². The fraction of sp³-hybridized carbons (Fsp3) is 0.647. The van der Waals surface area contributed by atoms with Gasteiger partial charge in [-0.25, -0.2) is 0 Å². The number of hydrogen-bond acceptors (Lipinski definition) is 2. The Bertz CT molecular complexity index is 398. The average Bonchev–Trinajstić information content (AvgIpc) is 2.33. The SMILES string of the molecule is CCC(CNCC(C)C)Oc1cc(C)cc(C)c1C. The van der Waals surface area contributed by atoms with Gasteiger partial charge in [0.2, 0.25) is 0 Å². The molecule has 19 heavy (non-hydrogen) atoms. The first-order valence-electron chi connectivity index (χ1n) is 7.39. The Morgan fingerprint density at radius 1 is 1.11 bits per heavy atom. The molecule has 0 spiro atoms. The maximum absolute atomic E-state index is 6.18. The Morgan fingerprint density at radius 3 is 2.37 bits per heavy atom. The lowest BCUT2D eigenvalue weighted by Crippen LogP contribution is -2.33. The standard InChI is InChI=1S/C17H29NO/c1-7-16(11-18-10-12(2)3)19-17-9-13(4)8-14(5)15(17)6/h8-9,12,16,18H,7,10-11H2,1-6H3. The van der Waals surface area contributed by atoms with Crippen molar-refractivity contribution < 1.29 is 4.74 Å². The second-order valence-corrected chi connectivity index (χ2v) is 5.91. The van der Waals surface area contributed by atoms with Gasteiger partial charge in [-0.3, -0.25) is 0 Å². The van der Waals surface area contributed by atoms with Crippen LogP contribution in [0, 0.1) is 26.7 Å². The molecular formula is C17H29NO. The van der Waals surface area contributed by atoms with Crippen molar-refractivity contribution in [2.45, 2.75) is 54.1 Å². The summed E-state index contributed by atoms with van der Waals surface area (Å²) in [7, 11) is 0. The minimum atomic E-state index is 0.249. The third kappa shape index (κ3) is 5.23. The van der Waals surface area contributed by atoms with E-state index in [2.05, 4.69) is 59.0 Å². The fourth-order valence-corrected chi connectivity index (χ4v) is 2.11. The zero-order valence-corrected chi connectivity index (χ0v) is 13.3. The van der Waals surface area contributed by atoms with E-state index in [4.69, 9.17) is 4.74 Å². The van der Waals surface area contributed by atoms with Gasteiger partial charge in [-0.05, 0) is 62.4 Å². The van der Waals surface area contributed by atoms with E-state index in [1.165, 1.54) is 16.7 Å². The van der Waals surface area contributed by atoms with Crippen LogP contribution in [0.4, 0.5) is 0 Å². The Labute approximate surface area is 118 Å². The molecule has 0 fully saturated rings. The summed E-state index contributed by atoms with van der Waals surface area (Å²) < 4.78 is 6.18. The summed E-state index contributed by atoms with van der Waals surface area (Å²) in [6, 6.07) is 4.35. The molecule has 1 unspecified atom stereocenters. The van der Waals surface area contributed by atoms with Gasteiger partial charge < -0.3 is 10.1 Å². The Balaban J connectivity index is 2.65. The van der Waals surface area contributed by atoms with E-state index >= 15 is 0 Å². The summed E-state index contributed by atoms with van der Waals surface area (Å²) in [4.78, 5) is 0. The Hall–Kier alpha value is -1.02. The Morgan fingerprint density at radius 2 is 1.79 bits per heavy atom. The van der Waals surface area contributed by atoms with E-state index in [1.54, 1.807) is 0 Å². The topological polar surface area (TPSA) is 21.3 Å². The molecule has 0 aliphatic heterocycles. The van der Waals surface area contributed by atoms with Crippen molar-refractivity contribution in [3.8, 4) is 5.75 Å². The molecule has 1 aromatic carbocycles. The molecule has 0 aromatic heterocycles. The molecule has 2 heteroatoms. The van der Waals surface area contributed by atoms with Crippen LogP contribution in [0.1, 0.15) is 43.9 Å². The van der Waals surface area contributed by atoms with Crippen LogP contribution in [0.3, 0.4) is 0 Å². The predicted octanol–water partition coefficient (Wildman–Crippen LogP) is 4.01. The van der Waals surface area contributed by atoms with Gasteiger partial charge in [0.25, 0.3) is 0 Å². The molecule has 1 N–H and O–H groups in total. The second-order valence-electron chi connectivity index (χ2n) is 5.91. The van der Waals surface area contributed by atoms with Crippen LogP contribution in [0.2, 0.25) is 0 Å². The third-order valence-electron chi connectivity index (χ3n) is 3.44. The van der Waals surface area contributed by atoms with Gasteiger partial charge in [0.15, 0.2) is 0 Å². The van der Waals surface area contributed by atoms with Crippen LogP contribution >= 0.6 is 0 Å². The van der Waals surface area contributed by atoms with Gasteiger partial charge in [0.05, 0.1) is 0 Å². The average molecular weight is 263 g/mol. The molecule has 0 bridgehead atoms. The van der Waals surface area contributed by atoms with Gasteiger partial charge in [-0.15, -0.1) is 0 Å². The zero-order chi connectivity index (χ0) is 14.4. The van der Waals surface area contributed by atoms with Crippen LogP contribution < -0.4 is 10.1 Å². The van der Waals surface area contributed by atoms with E-state index in [-0.39, 0.29) is 6.10 Å². The number of aryl methyl sites for hydroxylation is 2. The van der Waals surface area contributed by atoms with Gasteiger partial charge >= 0.3 is 0 Å². The number of nitrogens with one attached hydrogen (secondary N) is 1. The first kappa shape index (κ1) is 16.0. The van der Waals surface area contributed by atoms with Crippen molar-refractivity contribution in [1.82, 2.24) is 5.32 Å². The highest BCUT2D eigenvalue weighted by molar-refractivity contribution is 5.42. The number of ether oxygens (including phenoxy) is 1. The van der Waals surface area contributed by atoms with Crippen molar-refractivity contribution in [3.63, 3.8) is 0 Å². The number of rotatable bonds is 7. The summed E-state index contributed by atoms with van der Waals surface area (Å²) in [5, 5.41) is 3.48. The molecule has 0 aliphatic carbocycles. The van der Waals surface area contributed by atoms with Crippen molar-refractivity contribution >= 4 is 0 Å². The molecule has 0 aliphatic rings. The van der Waals surface area contributed by atoms with Crippen LogP contribution in [0.25, 0.3) is 0 Å². The van der Waals surface area contributed by atoms with Gasteiger partial charge in [-0.1, -0.05) is 26.8 Å². The molecule has 108 valence electrons. The van der Waals surface area contributed by atoms with Gasteiger partial charge in [-0.2, -0.15) is 0 Å². The Kier molecular flexibility index (Phi) is 6.36. The largest absolute Gasteiger partial charge is 0.489 e. The first-order chi connectivity index (χ1) is 8.93. The summed E-state index contributed by atoms with van der Waals surface area (Å²) in [6.45, 7) is 15.0. The maximum atomic E-state index is 6.18. The molecule has 0 saturated heterocycles. The quantitative estimate of drug-likeness (QED) is 0.802. The second kappa shape index (κ2) is 7.54. The fourth-order valence-electron chi connectivity index (χ4n) is 2.11. The molecule has 2 nitrogen and oxygen atoms in total. The molecule has 0 heterocycles. The first-order valence-corrected chi connectivity index (χ1v) is 7.39. The van der Waals surface area contributed by atoms with Crippen molar-refractivity contribution in [3.05, 3.63) is 28.8 Å². The summed E-state index contributed by atoms with van der Waals surface area (Å²) in [6.07, 6.45) is 1.27. The third-order valence-corrected chi connectivity index (χ3v) is 3.44. The highest BCUT2D eigenvalue weighted by Gasteiger charge is 2.11. The summed E-state index contributed by atoms with van der Waals surface area (Å²) in [5.41, 5.74) is 3.83. The summed E-state index contributed by atoms with van der Waals surface area (Å²) in [5.74, 6) is 1.72. The summed E-state index contributed by atoms with van der Waals surface area (Å²) >= 11 is 0. The molecule has 1 atom stereocenters. The zero-order valence-electron chi connectivity index (χ0n) is 13.3. The predicted molar refractivity (Wildman–Crippen MR) is 83.1 cm³/mol. The van der Waals surface area contributed by atoms with E-state index in [0.717, 1.165) is 25.3 Å². The number of benzene rings is 1. The molecule has 0 saturated carbocycles. The van der Waals surface area contributed by atoms with Crippen molar-refractivity contribution in [2.24, 2.45) is 5.92 Å². The van der Waals surface area contributed by atoms with Crippen molar-refractivity contribution in [2.75, 3.05) is 13.1 Å². The minimum absolute atomic E-state index is 0.249. The molecule has 1 rings (SSSR count). The van der Waals surface area contributed by atoms with E-state index in [9.17, 15) is 0 Å². The van der Waals surface area contributed by atoms with E-state index in [0.29, 0.717) is 5.92 Å². The van der Waals surface area contributed by atoms with Gasteiger partial charge in [0, 0.05) is 6.54 Å². The monoisotopic (exact) mass is 263 g/mol. The lowest BCUT2D eigenvalue weighted by molar-refractivity contribution is 0.190. The smallest absolute Gasteiger partial charge is 0.123 e. The minimum Gasteiger partial charge on any atom is -0.489 e. The lowest BCUT2D eigenvalue weighted by atomic mass is 10.1. The van der Waals surface area contributed by atoms with Crippen molar-refractivity contribution in [1.29, 1.82) is 0 Å². The van der Waals surface area contributed by atoms with Gasteiger partial charge in [0.1, 0.15) is 11.9 Å². The van der Waals surface area contributed by atoms with Crippen LogP contribution in [-0.4, -0.2) is 19.2 Å². The van der Waals surface area contributed by atoms with Crippen LogP contribution in [-0.2, 0) is 0 Å². The molecule has 0 amide bonds.